The van der Waals surface area contributed by atoms with Gasteiger partial charge in [-0.3, -0.25) is 9.59 Å². The van der Waals surface area contributed by atoms with Gasteiger partial charge in [-0.25, -0.2) is 0 Å². The lowest BCUT2D eigenvalue weighted by Gasteiger charge is -2.30. The fourth-order valence-corrected chi connectivity index (χ4v) is 3.42. The van der Waals surface area contributed by atoms with Gasteiger partial charge >= 0.3 is 0 Å². The van der Waals surface area contributed by atoms with Crippen molar-refractivity contribution < 1.29 is 19.1 Å². The maximum absolute atomic E-state index is 13.2. The van der Waals surface area contributed by atoms with Crippen molar-refractivity contribution in [2.45, 2.75) is 6.10 Å². The van der Waals surface area contributed by atoms with Crippen molar-refractivity contribution in [2.24, 2.45) is 0 Å². The van der Waals surface area contributed by atoms with E-state index >= 15 is 0 Å². The summed E-state index contributed by atoms with van der Waals surface area (Å²) >= 11 is 0. The first-order valence-electron chi connectivity index (χ1n) is 10.0. The summed E-state index contributed by atoms with van der Waals surface area (Å²) in [4.78, 5) is 27.5. The summed E-state index contributed by atoms with van der Waals surface area (Å²) in [7, 11) is 0. The van der Waals surface area contributed by atoms with Gasteiger partial charge in [-0.05, 0) is 24.3 Å². The quantitative estimate of drug-likeness (QED) is 0.588. The number of amides is 1. The van der Waals surface area contributed by atoms with Crippen LogP contribution >= 0.6 is 0 Å². The monoisotopic (exact) mass is 401 g/mol. The molecule has 0 spiro atoms. The minimum Gasteiger partial charge on any atom is -0.476 e. The zero-order valence-corrected chi connectivity index (χ0v) is 16.6. The molecule has 0 saturated carbocycles. The van der Waals surface area contributed by atoms with E-state index in [4.69, 9.17) is 9.47 Å². The van der Waals surface area contributed by atoms with Gasteiger partial charge in [-0.2, -0.15) is 0 Å². The molecule has 1 fully saturated rings. The summed E-state index contributed by atoms with van der Waals surface area (Å²) < 4.78 is 11.5. The van der Waals surface area contributed by atoms with Crippen LogP contribution in [-0.2, 0) is 9.53 Å². The molecule has 0 radical (unpaired) electrons. The molecule has 3 aromatic rings. The Labute approximate surface area is 175 Å². The summed E-state index contributed by atoms with van der Waals surface area (Å²) in [6, 6.07) is 25.5. The number of carbonyl (C=O) groups excluding carboxylic acids is 2. The number of carbonyl (C=O) groups is 2. The lowest BCUT2D eigenvalue weighted by molar-refractivity contribution is -0.143. The van der Waals surface area contributed by atoms with Crippen LogP contribution in [0.5, 0.6) is 5.75 Å². The topological polar surface area (TPSA) is 55.8 Å². The Morgan fingerprint density at radius 3 is 1.97 bits per heavy atom. The van der Waals surface area contributed by atoms with E-state index in [0.29, 0.717) is 43.2 Å². The number of hydrogen-bond acceptors (Lipinski definition) is 4. The van der Waals surface area contributed by atoms with Gasteiger partial charge in [-0.1, -0.05) is 60.7 Å². The van der Waals surface area contributed by atoms with E-state index < -0.39 is 6.10 Å². The lowest BCUT2D eigenvalue weighted by atomic mass is 10.0. The minimum absolute atomic E-state index is 0.0499. The lowest BCUT2D eigenvalue weighted by Crippen LogP contribution is -2.44. The van der Waals surface area contributed by atoms with E-state index in [-0.39, 0.29) is 11.7 Å². The number of nitrogens with zero attached hydrogens (tertiary/aromatic N) is 1. The third-order valence-electron chi connectivity index (χ3n) is 5.06. The second-order valence-electron chi connectivity index (χ2n) is 7.07. The summed E-state index contributed by atoms with van der Waals surface area (Å²) in [6.07, 6.45) is -0.750. The van der Waals surface area contributed by atoms with Gasteiger partial charge in [0.1, 0.15) is 5.75 Å². The normalized spacial score (nSPS) is 14.7. The summed E-state index contributed by atoms with van der Waals surface area (Å²) in [6.45, 7) is 2.17. The van der Waals surface area contributed by atoms with E-state index in [1.165, 1.54) is 0 Å². The van der Waals surface area contributed by atoms with Crippen molar-refractivity contribution in [3.05, 3.63) is 102 Å². The van der Waals surface area contributed by atoms with Crippen LogP contribution in [0, 0.1) is 0 Å². The molecule has 0 bridgehead atoms. The smallest absolute Gasteiger partial charge is 0.268 e. The third kappa shape index (κ3) is 4.58. The van der Waals surface area contributed by atoms with Crippen LogP contribution in [0.15, 0.2) is 84.9 Å². The zero-order valence-electron chi connectivity index (χ0n) is 16.6. The second-order valence-corrected chi connectivity index (χ2v) is 7.07. The van der Waals surface area contributed by atoms with Crippen LogP contribution in [-0.4, -0.2) is 42.9 Å². The van der Waals surface area contributed by atoms with Gasteiger partial charge in [0, 0.05) is 29.8 Å². The number of hydrogen-bond donors (Lipinski definition) is 0. The summed E-state index contributed by atoms with van der Waals surface area (Å²) in [5.74, 6) is 0.398. The van der Waals surface area contributed by atoms with E-state index in [9.17, 15) is 9.59 Å². The highest BCUT2D eigenvalue weighted by Crippen LogP contribution is 2.25. The Morgan fingerprint density at radius 2 is 1.33 bits per heavy atom. The van der Waals surface area contributed by atoms with E-state index in [0.717, 1.165) is 5.56 Å². The van der Waals surface area contributed by atoms with Crippen LogP contribution in [0.3, 0.4) is 0 Å². The first kappa shape index (κ1) is 19.9. The van der Waals surface area contributed by atoms with Gasteiger partial charge in [0.25, 0.3) is 5.91 Å². The average Bonchev–Trinajstić information content (AvgIpc) is 2.84. The molecule has 1 heterocycles. The number of benzene rings is 3. The molecule has 0 N–H and O–H groups in total. The average molecular weight is 401 g/mol. The minimum atomic E-state index is -0.750. The van der Waals surface area contributed by atoms with Gasteiger partial charge in [-0.15, -0.1) is 0 Å². The first-order chi connectivity index (χ1) is 14.7. The highest BCUT2D eigenvalue weighted by Gasteiger charge is 2.29. The van der Waals surface area contributed by atoms with Crippen LogP contribution in [0.1, 0.15) is 27.6 Å². The van der Waals surface area contributed by atoms with Gasteiger partial charge in [0.2, 0.25) is 6.10 Å². The highest BCUT2D eigenvalue weighted by atomic mass is 16.5. The molecule has 0 aliphatic carbocycles. The standard InChI is InChI=1S/C25H23NO4/c27-23(19-7-3-1-4-8-19)20-11-13-22(14-12-20)30-24(21-9-5-2-6-10-21)25(28)26-15-17-29-18-16-26/h1-14,24H,15-18H2. The van der Waals surface area contributed by atoms with Crippen LogP contribution in [0.25, 0.3) is 0 Å². The molecule has 5 nitrogen and oxygen atoms in total. The second kappa shape index (κ2) is 9.37. The molecule has 3 aromatic carbocycles. The Morgan fingerprint density at radius 1 is 0.767 bits per heavy atom. The number of morpholine rings is 1. The summed E-state index contributed by atoms with van der Waals surface area (Å²) in [5, 5.41) is 0. The van der Waals surface area contributed by atoms with Crippen molar-refractivity contribution in [2.75, 3.05) is 26.3 Å². The van der Waals surface area contributed by atoms with Crippen LogP contribution < -0.4 is 4.74 Å². The Kier molecular flexibility index (Phi) is 6.20. The van der Waals surface area contributed by atoms with E-state index in [1.807, 2.05) is 48.5 Å². The van der Waals surface area contributed by atoms with E-state index in [1.54, 1.807) is 41.3 Å². The van der Waals surface area contributed by atoms with Crippen LogP contribution in [0.2, 0.25) is 0 Å². The van der Waals surface area contributed by atoms with Gasteiger partial charge in [0.15, 0.2) is 5.78 Å². The van der Waals surface area contributed by atoms with Crippen molar-refractivity contribution in [3.8, 4) is 5.75 Å². The molecular formula is C25H23NO4. The fourth-order valence-electron chi connectivity index (χ4n) is 3.42. The SMILES string of the molecule is O=C(c1ccccc1)c1ccc(OC(C(=O)N2CCOCC2)c2ccccc2)cc1. The van der Waals surface area contributed by atoms with Gasteiger partial charge < -0.3 is 14.4 Å². The predicted molar refractivity (Wildman–Crippen MR) is 114 cm³/mol. The number of rotatable bonds is 6. The number of ether oxygens (including phenoxy) is 2. The molecular weight excluding hydrogens is 378 g/mol. The molecule has 30 heavy (non-hydrogen) atoms. The Hall–Kier alpha value is -3.44. The maximum atomic E-state index is 13.2. The molecule has 4 rings (SSSR count). The molecule has 1 aliphatic heterocycles. The van der Waals surface area contributed by atoms with E-state index in [2.05, 4.69) is 0 Å². The van der Waals surface area contributed by atoms with Crippen molar-refractivity contribution in [3.63, 3.8) is 0 Å². The first-order valence-corrected chi connectivity index (χ1v) is 10.0. The molecule has 1 aliphatic rings. The molecule has 152 valence electrons. The molecule has 1 amide bonds. The third-order valence-corrected chi connectivity index (χ3v) is 5.06. The van der Waals surface area contributed by atoms with Gasteiger partial charge in [0.05, 0.1) is 13.2 Å². The van der Waals surface area contributed by atoms with Crippen molar-refractivity contribution in [1.82, 2.24) is 4.90 Å². The molecule has 1 saturated heterocycles. The Balaban J connectivity index is 1.54. The molecule has 0 aromatic heterocycles. The molecule has 5 heteroatoms. The van der Waals surface area contributed by atoms with Crippen molar-refractivity contribution >= 4 is 11.7 Å². The Bertz CT molecular complexity index is 981. The largest absolute Gasteiger partial charge is 0.476 e. The van der Waals surface area contributed by atoms with Crippen molar-refractivity contribution in [1.29, 1.82) is 0 Å². The molecule has 1 unspecified atom stereocenters. The summed E-state index contributed by atoms with van der Waals surface area (Å²) in [5.41, 5.74) is 2.00. The fraction of sp³-hybridized carbons (Fsp3) is 0.200. The number of ketones is 1. The molecule has 1 atom stereocenters. The maximum Gasteiger partial charge on any atom is 0.268 e. The predicted octanol–water partition coefficient (Wildman–Crippen LogP) is 3.90. The highest BCUT2D eigenvalue weighted by molar-refractivity contribution is 6.09. The van der Waals surface area contributed by atoms with Crippen LogP contribution in [0.4, 0.5) is 0 Å². The zero-order chi connectivity index (χ0) is 20.8.